The Hall–Kier alpha value is -0.580. The number of nitrogens with one attached hydrogen (secondary N) is 1. The van der Waals surface area contributed by atoms with E-state index in [1.54, 1.807) is 0 Å². The number of nitrogen functional groups attached to an aromatic ring is 1. The molecule has 0 radical (unpaired) electrons. The average Bonchev–Trinajstić information content (AvgIpc) is 1.88. The van der Waals surface area contributed by atoms with E-state index in [9.17, 15) is 0 Å². The topological polar surface area (TPSA) is 63.8 Å². The molecule has 0 aliphatic rings. The molecule has 10 heavy (non-hydrogen) atoms. The normalized spacial score (nSPS) is 9.50. The van der Waals surface area contributed by atoms with E-state index in [0.29, 0.717) is 5.69 Å². The van der Waals surface area contributed by atoms with Crippen molar-refractivity contribution >= 4 is 28.9 Å². The van der Waals surface area contributed by atoms with Crippen LogP contribution in [0.5, 0.6) is 0 Å². The molecule has 0 aromatic carbocycles. The van der Waals surface area contributed by atoms with Gasteiger partial charge in [-0.3, -0.25) is 5.84 Å². The molecule has 1 aromatic heterocycles. The molecule has 0 atom stereocenters. The van der Waals surface area contributed by atoms with Gasteiger partial charge in [0.25, 0.3) is 0 Å². The molecule has 54 valence electrons. The van der Waals surface area contributed by atoms with Gasteiger partial charge in [-0.05, 0) is 0 Å². The first-order valence-corrected chi connectivity index (χ1v) is 3.14. The van der Waals surface area contributed by atoms with Gasteiger partial charge in [-0.1, -0.05) is 23.2 Å². The highest BCUT2D eigenvalue weighted by Crippen LogP contribution is 2.23. The first-order chi connectivity index (χ1) is 4.75. The summed E-state index contributed by atoms with van der Waals surface area (Å²) in [5.41, 5.74) is 2.61. The SMILES string of the molecule is NNc1c(Cl)ncnc1Cl. The van der Waals surface area contributed by atoms with Crippen LogP contribution in [0.1, 0.15) is 0 Å². The lowest BCUT2D eigenvalue weighted by molar-refractivity contribution is 1.15. The molecule has 0 amide bonds. The van der Waals surface area contributed by atoms with Crippen LogP contribution in [0.25, 0.3) is 0 Å². The van der Waals surface area contributed by atoms with Crippen LogP contribution >= 0.6 is 23.2 Å². The molecule has 4 nitrogen and oxygen atoms in total. The number of hydrogen-bond donors (Lipinski definition) is 2. The Morgan fingerprint density at radius 1 is 1.30 bits per heavy atom. The summed E-state index contributed by atoms with van der Waals surface area (Å²) in [5.74, 6) is 5.05. The molecule has 0 unspecified atom stereocenters. The number of nitrogens with zero attached hydrogens (tertiary/aromatic N) is 2. The third-order valence-corrected chi connectivity index (χ3v) is 1.47. The summed E-state index contributed by atoms with van der Waals surface area (Å²) in [5, 5.41) is 0.421. The maximum Gasteiger partial charge on any atom is 0.158 e. The quantitative estimate of drug-likeness (QED) is 0.384. The van der Waals surface area contributed by atoms with Gasteiger partial charge in [0.15, 0.2) is 10.3 Å². The molecule has 0 aliphatic heterocycles. The minimum atomic E-state index is 0.211. The fourth-order valence-electron chi connectivity index (χ4n) is 0.464. The van der Waals surface area contributed by atoms with Crippen molar-refractivity contribution in [1.82, 2.24) is 9.97 Å². The highest BCUT2D eigenvalue weighted by Gasteiger charge is 2.04. The fraction of sp³-hybridized carbons (Fsp3) is 0. The Labute approximate surface area is 67.3 Å². The van der Waals surface area contributed by atoms with Crippen molar-refractivity contribution in [2.24, 2.45) is 5.84 Å². The van der Waals surface area contributed by atoms with E-state index in [1.807, 2.05) is 0 Å². The zero-order valence-corrected chi connectivity index (χ0v) is 6.32. The largest absolute Gasteiger partial charge is 0.319 e. The van der Waals surface area contributed by atoms with Crippen molar-refractivity contribution in [2.75, 3.05) is 5.43 Å². The molecule has 1 rings (SSSR count). The Morgan fingerprint density at radius 2 is 1.80 bits per heavy atom. The molecular formula is C4H4Cl2N4. The third-order valence-electron chi connectivity index (χ3n) is 0.899. The number of aromatic nitrogens is 2. The number of halogens is 2. The van der Waals surface area contributed by atoms with Crippen molar-refractivity contribution in [3.8, 4) is 0 Å². The van der Waals surface area contributed by atoms with Crippen molar-refractivity contribution in [3.63, 3.8) is 0 Å². The maximum atomic E-state index is 5.55. The summed E-state index contributed by atoms with van der Waals surface area (Å²) in [4.78, 5) is 7.28. The summed E-state index contributed by atoms with van der Waals surface area (Å²) in [6.45, 7) is 0. The highest BCUT2D eigenvalue weighted by atomic mass is 35.5. The first kappa shape index (κ1) is 7.53. The second-order valence-corrected chi connectivity index (χ2v) is 2.19. The molecule has 6 heteroatoms. The Morgan fingerprint density at radius 3 is 2.10 bits per heavy atom. The predicted molar refractivity (Wildman–Crippen MR) is 39.9 cm³/mol. The van der Waals surface area contributed by atoms with E-state index in [1.165, 1.54) is 6.33 Å². The minimum absolute atomic E-state index is 0.211. The predicted octanol–water partition coefficient (Wildman–Crippen LogP) is 1.07. The number of hydrogen-bond acceptors (Lipinski definition) is 4. The van der Waals surface area contributed by atoms with E-state index >= 15 is 0 Å². The van der Waals surface area contributed by atoms with Gasteiger partial charge in [0.1, 0.15) is 12.0 Å². The maximum absolute atomic E-state index is 5.55. The lowest BCUT2D eigenvalue weighted by atomic mass is 10.5. The summed E-state index contributed by atoms with van der Waals surface area (Å²) in [7, 11) is 0. The van der Waals surface area contributed by atoms with E-state index in [2.05, 4.69) is 15.4 Å². The lowest BCUT2D eigenvalue weighted by Crippen LogP contribution is -2.08. The van der Waals surface area contributed by atoms with Crippen molar-refractivity contribution in [3.05, 3.63) is 16.6 Å². The summed E-state index contributed by atoms with van der Waals surface area (Å²) >= 11 is 11.1. The van der Waals surface area contributed by atoms with Crippen LogP contribution in [0.2, 0.25) is 10.3 Å². The number of rotatable bonds is 1. The Balaban J connectivity index is 3.17. The van der Waals surface area contributed by atoms with Crippen molar-refractivity contribution < 1.29 is 0 Å². The molecule has 0 bridgehead atoms. The summed E-state index contributed by atoms with van der Waals surface area (Å²) < 4.78 is 0. The molecule has 0 aliphatic carbocycles. The van der Waals surface area contributed by atoms with Crippen LogP contribution in [-0.4, -0.2) is 9.97 Å². The molecule has 1 heterocycles. The number of anilines is 1. The van der Waals surface area contributed by atoms with Gasteiger partial charge < -0.3 is 5.43 Å². The standard InChI is InChI=1S/C4H4Cl2N4/c5-3-2(10-7)4(6)9-1-8-3/h1,10H,7H2. The van der Waals surface area contributed by atoms with Crippen LogP contribution in [0, 0.1) is 0 Å². The zero-order chi connectivity index (χ0) is 7.56. The Kier molecular flexibility index (Phi) is 2.26. The fourth-order valence-corrected chi connectivity index (χ4v) is 0.887. The molecule has 0 spiro atoms. The van der Waals surface area contributed by atoms with Crippen molar-refractivity contribution in [2.45, 2.75) is 0 Å². The number of hydrazine groups is 1. The van der Waals surface area contributed by atoms with Crippen LogP contribution < -0.4 is 11.3 Å². The second-order valence-electron chi connectivity index (χ2n) is 1.47. The molecule has 0 saturated carbocycles. The van der Waals surface area contributed by atoms with Crippen LogP contribution in [0.15, 0.2) is 6.33 Å². The second kappa shape index (κ2) is 3.01. The van der Waals surface area contributed by atoms with Gasteiger partial charge in [-0.15, -0.1) is 0 Å². The van der Waals surface area contributed by atoms with Gasteiger partial charge in [0.2, 0.25) is 0 Å². The van der Waals surface area contributed by atoms with E-state index in [4.69, 9.17) is 29.0 Å². The van der Waals surface area contributed by atoms with Crippen molar-refractivity contribution in [1.29, 1.82) is 0 Å². The Bertz CT molecular complexity index is 218. The molecule has 0 fully saturated rings. The van der Waals surface area contributed by atoms with E-state index in [-0.39, 0.29) is 10.3 Å². The van der Waals surface area contributed by atoms with Gasteiger partial charge >= 0.3 is 0 Å². The minimum Gasteiger partial charge on any atom is -0.319 e. The summed E-state index contributed by atoms with van der Waals surface area (Å²) in [6.07, 6.45) is 1.26. The monoisotopic (exact) mass is 178 g/mol. The summed E-state index contributed by atoms with van der Waals surface area (Å²) in [6, 6.07) is 0. The zero-order valence-electron chi connectivity index (χ0n) is 4.81. The van der Waals surface area contributed by atoms with Gasteiger partial charge in [-0.2, -0.15) is 0 Å². The molecule has 3 N–H and O–H groups in total. The highest BCUT2D eigenvalue weighted by molar-refractivity contribution is 6.37. The van der Waals surface area contributed by atoms with Gasteiger partial charge in [-0.25, -0.2) is 9.97 Å². The first-order valence-electron chi connectivity index (χ1n) is 2.38. The lowest BCUT2D eigenvalue weighted by Gasteiger charge is -2.01. The third kappa shape index (κ3) is 1.29. The molecule has 1 aromatic rings. The van der Waals surface area contributed by atoms with Crippen LogP contribution in [0.4, 0.5) is 5.69 Å². The van der Waals surface area contributed by atoms with Gasteiger partial charge in [0, 0.05) is 0 Å². The molecular weight excluding hydrogens is 175 g/mol. The van der Waals surface area contributed by atoms with Crippen LogP contribution in [-0.2, 0) is 0 Å². The average molecular weight is 179 g/mol. The van der Waals surface area contributed by atoms with E-state index < -0.39 is 0 Å². The van der Waals surface area contributed by atoms with Crippen LogP contribution in [0.3, 0.4) is 0 Å². The number of nitrogens with two attached hydrogens (primary N) is 1. The van der Waals surface area contributed by atoms with Gasteiger partial charge in [0.05, 0.1) is 0 Å². The smallest absolute Gasteiger partial charge is 0.158 e. The molecule has 0 saturated heterocycles. The van der Waals surface area contributed by atoms with E-state index in [0.717, 1.165) is 0 Å².